The lowest BCUT2D eigenvalue weighted by atomic mass is 10.2. The van der Waals surface area contributed by atoms with Crippen LogP contribution in [-0.2, 0) is 9.13 Å². The maximum absolute atomic E-state index is 15.4. The van der Waals surface area contributed by atoms with E-state index in [9.17, 15) is 0 Å². The maximum atomic E-state index is 15.4. The van der Waals surface area contributed by atoms with Crippen molar-refractivity contribution in [3.8, 4) is 11.5 Å². The highest BCUT2D eigenvalue weighted by molar-refractivity contribution is 14.1. The van der Waals surface area contributed by atoms with E-state index in [1.165, 1.54) is 0 Å². The van der Waals surface area contributed by atoms with Crippen LogP contribution in [0, 0.1) is 6.92 Å². The molecular formula is C36H31IO3P2. The lowest BCUT2D eigenvalue weighted by Gasteiger charge is -2.25. The first kappa shape index (κ1) is 30.0. The predicted molar refractivity (Wildman–Crippen MR) is 187 cm³/mol. The van der Waals surface area contributed by atoms with Gasteiger partial charge in [-0.15, -0.1) is 0 Å². The first-order valence-corrected chi connectivity index (χ1v) is 18.1. The fraction of sp³-hybridized carbons (Fsp3) is 0.0556. The fourth-order valence-corrected chi connectivity index (χ4v) is 12.2. The molecule has 5 rings (SSSR count). The monoisotopic (exact) mass is 700 g/mol. The Hall–Kier alpha value is -3.43. The van der Waals surface area contributed by atoms with Gasteiger partial charge in [-0.05, 0) is 72.3 Å². The molecule has 210 valence electrons. The van der Waals surface area contributed by atoms with Crippen molar-refractivity contribution in [2.75, 3.05) is 0 Å². The summed E-state index contributed by atoms with van der Waals surface area (Å²) in [6.45, 7) is 3.92. The zero-order valence-corrected chi connectivity index (χ0v) is 27.4. The standard InChI is InChI=1S/C36H31IO3P2/c1-3-4-27-36(37)42(39,30-20-9-6-10-21-30)35-26-16-13-23-32(35)40-31-22-12-15-25-34(31)41(38,29-18-7-5-8-19-29)33-24-14-11-17-28(33)2/h3-27H,1-2H3/b4-3-,36-27+. The smallest absolute Gasteiger partial charge is 0.180 e. The molecule has 0 aromatic heterocycles. The minimum atomic E-state index is -3.35. The number of hydrogen-bond donors (Lipinski definition) is 0. The molecule has 2 unspecified atom stereocenters. The molecule has 42 heavy (non-hydrogen) atoms. The number of hydrogen-bond acceptors (Lipinski definition) is 3. The molecule has 0 aliphatic rings. The fourth-order valence-electron chi connectivity index (χ4n) is 4.98. The van der Waals surface area contributed by atoms with Gasteiger partial charge in [-0.3, -0.25) is 0 Å². The Balaban J connectivity index is 1.72. The molecule has 5 aromatic rings. The number of ether oxygens (including phenoxy) is 1. The molecule has 0 bridgehead atoms. The second-order valence-corrected chi connectivity index (χ2v) is 17.1. The highest BCUT2D eigenvalue weighted by Gasteiger charge is 2.36. The normalized spacial score (nSPS) is 14.7. The number of benzene rings is 5. The number of allylic oxidation sites excluding steroid dienone is 3. The van der Waals surface area contributed by atoms with Crippen molar-refractivity contribution in [1.29, 1.82) is 0 Å². The molecule has 6 heteroatoms. The van der Waals surface area contributed by atoms with Crippen LogP contribution in [0.3, 0.4) is 0 Å². The van der Waals surface area contributed by atoms with Gasteiger partial charge in [0.05, 0.1) is 13.9 Å². The van der Waals surface area contributed by atoms with Crippen molar-refractivity contribution >= 4 is 63.4 Å². The van der Waals surface area contributed by atoms with Crippen LogP contribution < -0.4 is 31.3 Å². The van der Waals surface area contributed by atoms with E-state index in [1.807, 2.05) is 166 Å². The molecule has 0 spiro atoms. The van der Waals surface area contributed by atoms with Crippen LogP contribution >= 0.6 is 36.9 Å². The van der Waals surface area contributed by atoms with Crippen LogP contribution in [-0.4, -0.2) is 0 Å². The van der Waals surface area contributed by atoms with E-state index in [0.29, 0.717) is 30.7 Å². The summed E-state index contributed by atoms with van der Waals surface area (Å²) in [5.74, 6) is 0.928. The summed E-state index contributed by atoms with van der Waals surface area (Å²) < 4.78 is 38.0. The van der Waals surface area contributed by atoms with Gasteiger partial charge in [0, 0.05) is 15.9 Å². The first-order chi connectivity index (χ1) is 20.4. The number of halogens is 1. The molecule has 5 aromatic carbocycles. The third-order valence-electron chi connectivity index (χ3n) is 7.05. The number of rotatable bonds is 9. The van der Waals surface area contributed by atoms with Crippen LogP contribution in [0.1, 0.15) is 12.5 Å². The van der Waals surface area contributed by atoms with E-state index in [1.54, 1.807) is 0 Å². The molecule has 2 atom stereocenters. The van der Waals surface area contributed by atoms with Crippen LogP contribution in [0.4, 0.5) is 0 Å². The van der Waals surface area contributed by atoms with Gasteiger partial charge < -0.3 is 13.9 Å². The summed E-state index contributed by atoms with van der Waals surface area (Å²) in [6, 6.07) is 41.8. The Morgan fingerprint density at radius 3 is 1.69 bits per heavy atom. The van der Waals surface area contributed by atoms with Crippen molar-refractivity contribution in [3.05, 3.63) is 161 Å². The highest BCUT2D eigenvalue weighted by atomic mass is 127. The molecule has 0 aliphatic heterocycles. The Bertz CT molecular complexity index is 1850. The summed E-state index contributed by atoms with van der Waals surface area (Å²) in [6.07, 6.45) is 5.70. The third kappa shape index (κ3) is 5.77. The average molecular weight is 700 g/mol. The van der Waals surface area contributed by atoms with Gasteiger partial charge >= 0.3 is 0 Å². The quantitative estimate of drug-likeness (QED) is 0.0880. The van der Waals surface area contributed by atoms with Gasteiger partial charge in [-0.25, -0.2) is 0 Å². The zero-order chi connectivity index (χ0) is 29.6. The zero-order valence-electron chi connectivity index (χ0n) is 23.4. The summed E-state index contributed by atoms with van der Waals surface area (Å²) in [7, 11) is -6.65. The van der Waals surface area contributed by atoms with Crippen LogP contribution in [0.25, 0.3) is 0 Å². The van der Waals surface area contributed by atoms with Gasteiger partial charge in [0.1, 0.15) is 11.5 Å². The van der Waals surface area contributed by atoms with Crippen LogP contribution in [0.15, 0.2) is 155 Å². The molecule has 0 amide bonds. The van der Waals surface area contributed by atoms with Crippen molar-refractivity contribution in [2.45, 2.75) is 13.8 Å². The molecule has 0 aliphatic carbocycles. The molecule has 0 radical (unpaired) electrons. The first-order valence-electron chi connectivity index (χ1n) is 13.6. The van der Waals surface area contributed by atoms with Crippen LogP contribution in [0.2, 0.25) is 0 Å². The molecule has 0 saturated carbocycles. The van der Waals surface area contributed by atoms with Gasteiger partial charge in [0.25, 0.3) is 0 Å². The second kappa shape index (κ2) is 13.3. The Morgan fingerprint density at radius 1 is 0.619 bits per heavy atom. The van der Waals surface area contributed by atoms with Crippen molar-refractivity contribution in [2.24, 2.45) is 0 Å². The summed E-state index contributed by atoms with van der Waals surface area (Å²) >= 11 is 2.18. The predicted octanol–water partition coefficient (Wildman–Crippen LogP) is 8.59. The van der Waals surface area contributed by atoms with Gasteiger partial charge in [-0.1, -0.05) is 121 Å². The van der Waals surface area contributed by atoms with E-state index in [-0.39, 0.29) is 0 Å². The van der Waals surface area contributed by atoms with Crippen molar-refractivity contribution in [3.63, 3.8) is 0 Å². The molecule has 0 fully saturated rings. The molecular weight excluding hydrogens is 669 g/mol. The summed E-state index contributed by atoms with van der Waals surface area (Å²) in [5, 5.41) is 3.38. The maximum Gasteiger partial charge on any atom is 0.180 e. The lowest BCUT2D eigenvalue weighted by molar-refractivity contribution is 0.489. The number of aryl methyl sites for hydroxylation is 1. The Kier molecular flexibility index (Phi) is 9.48. The van der Waals surface area contributed by atoms with Gasteiger partial charge in [0.15, 0.2) is 14.3 Å². The molecule has 3 nitrogen and oxygen atoms in total. The second-order valence-electron chi connectivity index (χ2n) is 9.73. The van der Waals surface area contributed by atoms with E-state index in [4.69, 9.17) is 4.74 Å². The van der Waals surface area contributed by atoms with E-state index >= 15 is 9.13 Å². The Labute approximate surface area is 261 Å². The van der Waals surface area contributed by atoms with E-state index in [0.717, 1.165) is 16.2 Å². The minimum Gasteiger partial charge on any atom is -0.456 e. The molecule has 0 saturated heterocycles. The largest absolute Gasteiger partial charge is 0.456 e. The Morgan fingerprint density at radius 2 is 1.10 bits per heavy atom. The third-order valence-corrected chi connectivity index (χ3v) is 15.5. The van der Waals surface area contributed by atoms with E-state index in [2.05, 4.69) is 22.6 Å². The van der Waals surface area contributed by atoms with Crippen LogP contribution in [0.5, 0.6) is 11.5 Å². The topological polar surface area (TPSA) is 43.4 Å². The molecule has 0 heterocycles. The molecule has 0 N–H and O–H groups in total. The number of para-hydroxylation sites is 2. The minimum absolute atomic E-state index is 0.463. The summed E-state index contributed by atoms with van der Waals surface area (Å²) in [4.78, 5) is 0. The van der Waals surface area contributed by atoms with Crippen molar-refractivity contribution in [1.82, 2.24) is 0 Å². The van der Waals surface area contributed by atoms with Gasteiger partial charge in [0.2, 0.25) is 0 Å². The summed E-state index contributed by atoms with van der Waals surface area (Å²) in [5.41, 5.74) is 0.942. The lowest BCUT2D eigenvalue weighted by Crippen LogP contribution is -2.27. The average Bonchev–Trinajstić information content (AvgIpc) is 3.04. The highest BCUT2D eigenvalue weighted by Crippen LogP contribution is 2.57. The van der Waals surface area contributed by atoms with Gasteiger partial charge in [-0.2, -0.15) is 0 Å². The SMILES string of the molecule is C/C=C\C=C(/I)P(=O)(c1ccccc1)c1ccccc1Oc1ccccc1P(=O)(c1ccccc1)c1ccccc1C. The van der Waals surface area contributed by atoms with E-state index < -0.39 is 14.3 Å². The van der Waals surface area contributed by atoms with Crippen molar-refractivity contribution < 1.29 is 13.9 Å².